The molecular formula is C15H21N3O2. The summed E-state index contributed by atoms with van der Waals surface area (Å²) in [7, 11) is 0. The van der Waals surface area contributed by atoms with Gasteiger partial charge < -0.3 is 15.5 Å². The molecule has 0 spiro atoms. The molecule has 1 aromatic rings. The van der Waals surface area contributed by atoms with Crippen molar-refractivity contribution in [3.63, 3.8) is 0 Å². The minimum Gasteiger partial charge on any atom is -0.333 e. The molecule has 1 aromatic carbocycles. The number of hydrogen-bond donors (Lipinski definition) is 2. The molecule has 0 bridgehead atoms. The van der Waals surface area contributed by atoms with Crippen molar-refractivity contribution in [3.05, 3.63) is 29.3 Å². The molecule has 1 aliphatic heterocycles. The maximum Gasteiger partial charge on any atom is 0.313 e. The summed E-state index contributed by atoms with van der Waals surface area (Å²) in [5.74, 6) is -1.01. The van der Waals surface area contributed by atoms with E-state index in [4.69, 9.17) is 0 Å². The largest absolute Gasteiger partial charge is 0.333 e. The Kier molecular flexibility index (Phi) is 4.74. The fraction of sp³-hybridized carbons (Fsp3) is 0.467. The van der Waals surface area contributed by atoms with Crippen molar-refractivity contribution in [2.24, 2.45) is 0 Å². The number of nitrogens with one attached hydrogen (secondary N) is 2. The molecular weight excluding hydrogens is 254 g/mol. The first-order chi connectivity index (χ1) is 9.58. The van der Waals surface area contributed by atoms with E-state index in [9.17, 15) is 9.59 Å². The summed E-state index contributed by atoms with van der Waals surface area (Å²) >= 11 is 0. The van der Waals surface area contributed by atoms with Crippen LogP contribution in [0.3, 0.4) is 0 Å². The number of hydrogen-bond acceptors (Lipinski definition) is 3. The lowest BCUT2D eigenvalue weighted by Crippen LogP contribution is -2.41. The summed E-state index contributed by atoms with van der Waals surface area (Å²) in [4.78, 5) is 25.7. The average molecular weight is 275 g/mol. The number of nitrogens with zero attached hydrogens (tertiary/aromatic N) is 1. The second-order valence-corrected chi connectivity index (χ2v) is 5.15. The predicted molar refractivity (Wildman–Crippen MR) is 78.6 cm³/mol. The molecule has 5 nitrogen and oxygen atoms in total. The summed E-state index contributed by atoms with van der Waals surface area (Å²) in [6, 6.07) is 5.63. The van der Waals surface area contributed by atoms with Crippen LogP contribution in [0.4, 0.5) is 5.69 Å². The zero-order valence-electron chi connectivity index (χ0n) is 12.0. The third-order valence-corrected chi connectivity index (χ3v) is 3.59. The van der Waals surface area contributed by atoms with Crippen molar-refractivity contribution in [3.8, 4) is 0 Å². The van der Waals surface area contributed by atoms with Gasteiger partial charge in [-0.05, 0) is 50.1 Å². The lowest BCUT2D eigenvalue weighted by molar-refractivity contribution is -0.143. The van der Waals surface area contributed by atoms with Crippen LogP contribution in [0.2, 0.25) is 0 Å². The Balaban J connectivity index is 1.99. The van der Waals surface area contributed by atoms with E-state index in [1.807, 2.05) is 32.0 Å². The molecule has 0 atom stereocenters. The first kappa shape index (κ1) is 14.5. The highest BCUT2D eigenvalue weighted by Crippen LogP contribution is 2.14. The molecule has 1 aliphatic rings. The van der Waals surface area contributed by atoms with Crippen molar-refractivity contribution >= 4 is 17.5 Å². The second kappa shape index (κ2) is 6.52. The van der Waals surface area contributed by atoms with Gasteiger partial charge in [0.15, 0.2) is 0 Å². The Morgan fingerprint density at radius 1 is 1.15 bits per heavy atom. The number of benzene rings is 1. The van der Waals surface area contributed by atoms with Crippen LogP contribution in [0.1, 0.15) is 17.5 Å². The van der Waals surface area contributed by atoms with E-state index in [0.29, 0.717) is 18.8 Å². The fourth-order valence-electron chi connectivity index (χ4n) is 2.20. The van der Waals surface area contributed by atoms with Gasteiger partial charge in [0.25, 0.3) is 0 Å². The van der Waals surface area contributed by atoms with Crippen LogP contribution in [0, 0.1) is 13.8 Å². The monoisotopic (exact) mass is 275 g/mol. The zero-order valence-corrected chi connectivity index (χ0v) is 12.0. The van der Waals surface area contributed by atoms with E-state index in [1.165, 1.54) is 0 Å². The number of carbonyl (C=O) groups is 2. The summed E-state index contributed by atoms with van der Waals surface area (Å²) in [5, 5.41) is 5.89. The van der Waals surface area contributed by atoms with E-state index < -0.39 is 11.8 Å². The summed E-state index contributed by atoms with van der Waals surface area (Å²) < 4.78 is 0. The van der Waals surface area contributed by atoms with Gasteiger partial charge in [-0.25, -0.2) is 0 Å². The van der Waals surface area contributed by atoms with E-state index in [1.54, 1.807) is 4.90 Å². The molecule has 1 fully saturated rings. The molecule has 1 heterocycles. The summed E-state index contributed by atoms with van der Waals surface area (Å²) in [5.41, 5.74) is 2.92. The van der Waals surface area contributed by atoms with Crippen LogP contribution in [-0.2, 0) is 9.59 Å². The molecule has 108 valence electrons. The maximum absolute atomic E-state index is 12.1. The Labute approximate surface area is 119 Å². The minimum atomic E-state index is -0.560. The number of aryl methyl sites for hydroxylation is 2. The van der Waals surface area contributed by atoms with Gasteiger partial charge in [0, 0.05) is 25.3 Å². The Morgan fingerprint density at radius 3 is 2.70 bits per heavy atom. The standard InChI is InChI=1S/C15H21N3O2/c1-11-4-5-13(10-12(11)2)17-14(19)15(20)18-8-3-6-16-7-9-18/h4-5,10,16H,3,6-9H2,1-2H3,(H,17,19). The van der Waals surface area contributed by atoms with Gasteiger partial charge in [0.05, 0.1) is 0 Å². The molecule has 0 aliphatic carbocycles. The SMILES string of the molecule is Cc1ccc(NC(=O)C(=O)N2CCCNCC2)cc1C. The van der Waals surface area contributed by atoms with Gasteiger partial charge in [-0.3, -0.25) is 9.59 Å². The molecule has 0 saturated carbocycles. The van der Waals surface area contributed by atoms with Crippen LogP contribution in [0.5, 0.6) is 0 Å². The van der Waals surface area contributed by atoms with Crippen molar-refractivity contribution in [2.45, 2.75) is 20.3 Å². The smallest absolute Gasteiger partial charge is 0.313 e. The molecule has 1 saturated heterocycles. The molecule has 0 unspecified atom stereocenters. The van der Waals surface area contributed by atoms with Crippen molar-refractivity contribution < 1.29 is 9.59 Å². The van der Waals surface area contributed by atoms with Crippen molar-refractivity contribution in [2.75, 3.05) is 31.5 Å². The van der Waals surface area contributed by atoms with Crippen LogP contribution in [0.25, 0.3) is 0 Å². The Bertz CT molecular complexity index is 506. The molecule has 0 radical (unpaired) electrons. The average Bonchev–Trinajstić information content (AvgIpc) is 2.71. The third-order valence-electron chi connectivity index (χ3n) is 3.59. The lowest BCUT2D eigenvalue weighted by Gasteiger charge is -2.19. The van der Waals surface area contributed by atoms with E-state index in [0.717, 1.165) is 30.6 Å². The third kappa shape index (κ3) is 3.57. The number of carbonyl (C=O) groups excluding carboxylic acids is 2. The molecule has 0 aromatic heterocycles. The maximum atomic E-state index is 12.1. The first-order valence-electron chi connectivity index (χ1n) is 6.96. The number of anilines is 1. The van der Waals surface area contributed by atoms with E-state index in [2.05, 4.69) is 10.6 Å². The molecule has 2 N–H and O–H groups in total. The van der Waals surface area contributed by atoms with Crippen LogP contribution in [-0.4, -0.2) is 42.9 Å². The van der Waals surface area contributed by atoms with Gasteiger partial charge >= 0.3 is 11.8 Å². The predicted octanol–water partition coefficient (Wildman–Crippen LogP) is 1.06. The highest BCUT2D eigenvalue weighted by atomic mass is 16.2. The highest BCUT2D eigenvalue weighted by Gasteiger charge is 2.22. The van der Waals surface area contributed by atoms with E-state index in [-0.39, 0.29) is 0 Å². The van der Waals surface area contributed by atoms with Gasteiger partial charge in [-0.1, -0.05) is 6.07 Å². The number of rotatable bonds is 1. The molecule has 2 rings (SSSR count). The zero-order chi connectivity index (χ0) is 14.5. The van der Waals surface area contributed by atoms with Gasteiger partial charge in [0.2, 0.25) is 0 Å². The Morgan fingerprint density at radius 2 is 1.95 bits per heavy atom. The minimum absolute atomic E-state index is 0.452. The first-order valence-corrected chi connectivity index (χ1v) is 6.96. The normalized spacial score (nSPS) is 15.6. The quantitative estimate of drug-likeness (QED) is 0.754. The molecule has 5 heteroatoms. The summed E-state index contributed by atoms with van der Waals surface area (Å²) in [6.07, 6.45) is 0.878. The van der Waals surface area contributed by atoms with Gasteiger partial charge in [-0.15, -0.1) is 0 Å². The summed E-state index contributed by atoms with van der Waals surface area (Å²) in [6.45, 7) is 6.83. The van der Waals surface area contributed by atoms with E-state index >= 15 is 0 Å². The van der Waals surface area contributed by atoms with Crippen molar-refractivity contribution in [1.82, 2.24) is 10.2 Å². The van der Waals surface area contributed by atoms with Crippen LogP contribution >= 0.6 is 0 Å². The highest BCUT2D eigenvalue weighted by molar-refractivity contribution is 6.39. The van der Waals surface area contributed by atoms with Crippen LogP contribution in [0.15, 0.2) is 18.2 Å². The number of amides is 2. The fourth-order valence-corrected chi connectivity index (χ4v) is 2.20. The molecule has 20 heavy (non-hydrogen) atoms. The lowest BCUT2D eigenvalue weighted by atomic mass is 10.1. The van der Waals surface area contributed by atoms with Gasteiger partial charge in [0.1, 0.15) is 0 Å². The molecule has 2 amide bonds. The topological polar surface area (TPSA) is 61.4 Å². The Hall–Kier alpha value is -1.88. The van der Waals surface area contributed by atoms with Gasteiger partial charge in [-0.2, -0.15) is 0 Å². The van der Waals surface area contributed by atoms with Crippen LogP contribution < -0.4 is 10.6 Å². The van der Waals surface area contributed by atoms with Crippen molar-refractivity contribution in [1.29, 1.82) is 0 Å². The second-order valence-electron chi connectivity index (χ2n) is 5.15.